The van der Waals surface area contributed by atoms with Crippen LogP contribution < -0.4 is 15.0 Å². The molecule has 0 amide bonds. The number of hydrogen-bond donors (Lipinski definition) is 2. The van der Waals surface area contributed by atoms with Crippen LogP contribution >= 0.6 is 0 Å². The van der Waals surface area contributed by atoms with Crippen molar-refractivity contribution in [3.8, 4) is 23.0 Å². The van der Waals surface area contributed by atoms with Gasteiger partial charge in [0.2, 0.25) is 0 Å². The summed E-state index contributed by atoms with van der Waals surface area (Å²) < 4.78 is 59.6. The average Bonchev–Trinajstić information content (AvgIpc) is 3.24. The van der Waals surface area contributed by atoms with Gasteiger partial charge in [0.05, 0.1) is 12.0 Å². The maximum atomic E-state index is 16.3. The molecule has 2 N–H and O–H groups in total. The second kappa shape index (κ2) is 10.8. The molecule has 0 aliphatic carbocycles. The van der Waals surface area contributed by atoms with E-state index >= 15 is 4.39 Å². The zero-order chi connectivity index (χ0) is 27.7. The van der Waals surface area contributed by atoms with Crippen molar-refractivity contribution < 1.29 is 27.4 Å². The van der Waals surface area contributed by atoms with Gasteiger partial charge in [0.1, 0.15) is 22.8 Å². The van der Waals surface area contributed by atoms with E-state index in [-0.39, 0.29) is 48.1 Å². The molecule has 5 rings (SSSR count). The number of benzene rings is 1. The van der Waals surface area contributed by atoms with E-state index < -0.39 is 18.4 Å². The highest BCUT2D eigenvalue weighted by molar-refractivity contribution is 5.93. The van der Waals surface area contributed by atoms with E-state index in [9.17, 15) is 18.3 Å². The first-order valence-corrected chi connectivity index (χ1v) is 12.9. The average molecular weight is 544 g/mol. The Balaban J connectivity index is 1.61. The quantitative estimate of drug-likeness (QED) is 0.271. The molecule has 2 fully saturated rings. The molecule has 2 saturated heterocycles. The number of nitrogens with zero attached hydrogens (tertiary/aromatic N) is 4. The van der Waals surface area contributed by atoms with E-state index in [1.165, 1.54) is 18.3 Å². The van der Waals surface area contributed by atoms with Crippen molar-refractivity contribution >= 4 is 28.9 Å². The van der Waals surface area contributed by atoms with Gasteiger partial charge in [0, 0.05) is 43.4 Å². The summed E-state index contributed by atoms with van der Waals surface area (Å²) in [7, 11) is 0. The Morgan fingerprint density at radius 3 is 2.62 bits per heavy atom. The van der Waals surface area contributed by atoms with Crippen LogP contribution in [0.5, 0.6) is 11.8 Å². The number of allylic oxidation sites excluding steroid dienone is 1. The van der Waals surface area contributed by atoms with Crippen molar-refractivity contribution in [1.29, 1.82) is 0 Å². The summed E-state index contributed by atoms with van der Waals surface area (Å²) in [6.45, 7) is 6.62. The molecular formula is C28H29F4N5O2. The highest BCUT2D eigenvalue weighted by atomic mass is 19.4. The summed E-state index contributed by atoms with van der Waals surface area (Å²) in [6.07, 6.45) is 3.05. The molecule has 2 bridgehead atoms. The lowest BCUT2D eigenvalue weighted by Crippen LogP contribution is -2.51. The molecule has 2 aliphatic heterocycles. The second-order valence-corrected chi connectivity index (χ2v) is 9.82. The fraction of sp³-hybridized carbons (Fsp3) is 0.393. The highest BCUT2D eigenvalue weighted by Gasteiger charge is 2.34. The largest absolute Gasteiger partial charge is 0.508 e. The number of aromatic hydroxyl groups is 1. The van der Waals surface area contributed by atoms with Gasteiger partial charge in [-0.05, 0) is 49.4 Å². The lowest BCUT2D eigenvalue weighted by atomic mass is 9.96. The highest BCUT2D eigenvalue weighted by Crippen LogP contribution is 2.37. The van der Waals surface area contributed by atoms with Gasteiger partial charge in [0.15, 0.2) is 5.82 Å². The number of phenols is 1. The molecule has 2 aromatic heterocycles. The second-order valence-electron chi connectivity index (χ2n) is 9.82. The number of ether oxygens (including phenoxy) is 1. The third-order valence-corrected chi connectivity index (χ3v) is 7.00. The SMILES string of the molecule is C=Cc1cc(O)cc(-c2ncc3c(N4CC5CCC(C4)N5)nc(OCCCC(F)(F)F)nc3c2F)c1/C=C\C. The maximum Gasteiger partial charge on any atom is 0.389 e. The fourth-order valence-electron chi connectivity index (χ4n) is 5.30. The Bertz CT molecular complexity index is 1410. The molecule has 1 aromatic carbocycles. The number of aromatic nitrogens is 3. The molecule has 206 valence electrons. The Kier molecular flexibility index (Phi) is 7.44. The van der Waals surface area contributed by atoms with E-state index in [1.54, 1.807) is 18.2 Å². The number of phenolic OH excluding ortho intramolecular Hbond substituents is 1. The third-order valence-electron chi connectivity index (χ3n) is 7.00. The fourth-order valence-corrected chi connectivity index (χ4v) is 5.30. The van der Waals surface area contributed by atoms with Gasteiger partial charge < -0.3 is 20.1 Å². The summed E-state index contributed by atoms with van der Waals surface area (Å²) in [5, 5.41) is 14.2. The molecule has 2 aliphatic rings. The Morgan fingerprint density at radius 1 is 1.21 bits per heavy atom. The Labute approximate surface area is 223 Å². The first-order chi connectivity index (χ1) is 18.7. The number of fused-ring (bicyclic) bond motifs is 3. The number of alkyl halides is 3. The summed E-state index contributed by atoms with van der Waals surface area (Å²) >= 11 is 0. The summed E-state index contributed by atoms with van der Waals surface area (Å²) in [6, 6.07) is 3.27. The Hall–Kier alpha value is -3.73. The van der Waals surface area contributed by atoms with Crippen LogP contribution in [0.4, 0.5) is 23.4 Å². The maximum absolute atomic E-state index is 16.3. The van der Waals surface area contributed by atoms with Crippen LogP contribution in [-0.2, 0) is 0 Å². The van der Waals surface area contributed by atoms with Crippen LogP contribution in [0, 0.1) is 5.82 Å². The normalized spacial score (nSPS) is 19.3. The number of pyridine rings is 1. The third kappa shape index (κ3) is 5.68. The van der Waals surface area contributed by atoms with Crippen molar-refractivity contribution in [3.63, 3.8) is 0 Å². The van der Waals surface area contributed by atoms with Crippen LogP contribution in [0.25, 0.3) is 34.3 Å². The summed E-state index contributed by atoms with van der Waals surface area (Å²) in [5.41, 5.74) is 1.46. The number of rotatable bonds is 8. The van der Waals surface area contributed by atoms with Gasteiger partial charge in [-0.25, -0.2) is 4.39 Å². The molecule has 0 saturated carbocycles. The number of nitrogens with one attached hydrogen (secondary N) is 1. The van der Waals surface area contributed by atoms with Crippen LogP contribution in [0.15, 0.2) is 31.0 Å². The molecule has 2 atom stereocenters. The van der Waals surface area contributed by atoms with Gasteiger partial charge in [-0.1, -0.05) is 24.8 Å². The van der Waals surface area contributed by atoms with Gasteiger partial charge in [-0.3, -0.25) is 4.98 Å². The minimum Gasteiger partial charge on any atom is -0.508 e. The Morgan fingerprint density at radius 2 is 1.95 bits per heavy atom. The predicted octanol–water partition coefficient (Wildman–Crippen LogP) is 5.87. The van der Waals surface area contributed by atoms with Crippen LogP contribution in [0.3, 0.4) is 0 Å². The molecule has 0 spiro atoms. The first-order valence-electron chi connectivity index (χ1n) is 12.9. The van der Waals surface area contributed by atoms with Crippen molar-refractivity contribution in [2.45, 2.75) is 50.9 Å². The minimum absolute atomic E-state index is 0.0392. The van der Waals surface area contributed by atoms with Crippen molar-refractivity contribution in [3.05, 3.63) is 47.9 Å². The van der Waals surface area contributed by atoms with Crippen LogP contribution in [-0.4, -0.2) is 58.0 Å². The van der Waals surface area contributed by atoms with E-state index in [2.05, 4.69) is 26.8 Å². The molecular weight excluding hydrogens is 514 g/mol. The smallest absolute Gasteiger partial charge is 0.389 e. The lowest BCUT2D eigenvalue weighted by molar-refractivity contribution is -0.136. The van der Waals surface area contributed by atoms with Crippen LogP contribution in [0.2, 0.25) is 0 Å². The van der Waals surface area contributed by atoms with Crippen molar-refractivity contribution in [2.75, 3.05) is 24.6 Å². The molecule has 7 nitrogen and oxygen atoms in total. The van der Waals surface area contributed by atoms with E-state index in [0.717, 1.165) is 12.8 Å². The van der Waals surface area contributed by atoms with Crippen LogP contribution in [0.1, 0.15) is 43.7 Å². The van der Waals surface area contributed by atoms with E-state index in [1.807, 2.05) is 11.8 Å². The zero-order valence-corrected chi connectivity index (χ0v) is 21.4. The van der Waals surface area contributed by atoms with Crippen molar-refractivity contribution in [2.24, 2.45) is 0 Å². The van der Waals surface area contributed by atoms with Gasteiger partial charge in [0.25, 0.3) is 0 Å². The van der Waals surface area contributed by atoms with Gasteiger partial charge >= 0.3 is 12.2 Å². The van der Waals surface area contributed by atoms with E-state index in [0.29, 0.717) is 41.0 Å². The molecule has 39 heavy (non-hydrogen) atoms. The minimum atomic E-state index is -4.30. The monoisotopic (exact) mass is 543 g/mol. The standard InChI is InChI=1S/C28H29F4N5O2/c1-3-6-20-16(4-2)11-19(38)12-21(20)24-23(29)25-22(13-33-24)26(37-14-17-7-8-18(15-37)34-17)36-27(35-25)39-10-5-9-28(30,31)32/h3-4,6,11-13,17-18,34,38H,2,5,7-10,14-15H2,1H3/b6-3-. The molecule has 2 unspecified atom stereocenters. The van der Waals surface area contributed by atoms with Gasteiger partial charge in [-0.15, -0.1) is 0 Å². The molecule has 0 radical (unpaired) electrons. The van der Waals surface area contributed by atoms with E-state index in [4.69, 9.17) is 4.74 Å². The lowest BCUT2D eigenvalue weighted by Gasteiger charge is -2.34. The first kappa shape index (κ1) is 26.9. The number of halogens is 4. The summed E-state index contributed by atoms with van der Waals surface area (Å²) in [4.78, 5) is 15.2. The van der Waals surface area contributed by atoms with Gasteiger partial charge in [-0.2, -0.15) is 23.1 Å². The predicted molar refractivity (Wildman–Crippen MR) is 142 cm³/mol. The summed E-state index contributed by atoms with van der Waals surface area (Å²) in [5.74, 6) is -0.401. The molecule has 11 heteroatoms. The molecule has 4 heterocycles. The molecule has 3 aromatic rings. The zero-order valence-electron chi connectivity index (χ0n) is 21.4. The number of anilines is 1. The number of piperazine rings is 1. The number of hydrogen-bond acceptors (Lipinski definition) is 7. The van der Waals surface area contributed by atoms with Crippen molar-refractivity contribution in [1.82, 2.24) is 20.3 Å². The topological polar surface area (TPSA) is 83.4 Å².